The number of halogens is 1. The Morgan fingerprint density at radius 2 is 1.49 bits per heavy atom. The number of nitrogens with one attached hydrogen (secondary N) is 2. The van der Waals surface area contributed by atoms with Crippen LogP contribution in [-0.2, 0) is 39.8 Å². The lowest BCUT2D eigenvalue weighted by Crippen LogP contribution is -2.31. The smallest absolute Gasteiger partial charge is 0.507 e. The van der Waals surface area contributed by atoms with Gasteiger partial charge in [-0.2, -0.15) is 0 Å². The highest BCUT2D eigenvalue weighted by atomic mass is 35.5. The maximum Gasteiger partial charge on any atom is 0.747 e. The maximum absolute atomic E-state index is 13.8. The Bertz CT molecular complexity index is 2930. The highest BCUT2D eigenvalue weighted by Gasteiger charge is 2.34. The molecule has 67 heavy (non-hydrogen) atoms. The van der Waals surface area contributed by atoms with Gasteiger partial charge in [-0.15, -0.1) is 16.5 Å². The molecule has 0 saturated heterocycles. The minimum atomic E-state index is -2.96. The summed E-state index contributed by atoms with van der Waals surface area (Å²) in [6, 6.07) is 23.0. The van der Waals surface area contributed by atoms with E-state index in [4.69, 9.17) is 16.1 Å². The summed E-state index contributed by atoms with van der Waals surface area (Å²) in [5, 5.41) is 19.5. The second kappa shape index (κ2) is 20.5. The first kappa shape index (κ1) is 46.3. The van der Waals surface area contributed by atoms with E-state index in [-0.39, 0.29) is 78.8 Å². The molecule has 6 amide bonds. The Morgan fingerprint density at radius 1 is 0.791 bits per heavy atom. The molecule has 0 bridgehead atoms. The number of hydrogen-bond acceptors (Lipinski definition) is 9. The van der Waals surface area contributed by atoms with Crippen LogP contribution >= 0.6 is 19.9 Å². The van der Waals surface area contributed by atoms with E-state index in [0.29, 0.717) is 77.7 Å². The zero-order chi connectivity index (χ0) is 47.2. The Morgan fingerprint density at radius 3 is 2.24 bits per heavy atom. The predicted molar refractivity (Wildman–Crippen MR) is 257 cm³/mol. The number of aromatic hydroxyl groups is 1. The number of amides is 6. The largest absolute Gasteiger partial charge is 0.747 e. The van der Waals surface area contributed by atoms with Gasteiger partial charge in [-0.1, -0.05) is 67.1 Å². The van der Waals surface area contributed by atoms with Gasteiger partial charge in [0.25, 0.3) is 23.6 Å². The standard InChI is InChI=1S/C50H45ClN5O10P/c51-29-33-30-56(41-27-42(57)36-9-4-6-11-38(36)50(33)41)49(63)17-14-31-13-15-32(16-18-46(60)54-25-22-35-34-8-3-5-10-37(34)43(28-40(35)54)66-67(64)65)39(26-31)53-45(59)21-23-52-44(58)12-2-1-7-24-55-47(61)19-20-48(55)62/h3-6,8-11,13-20,26-28,33H,1-2,7,12,21-25,29-30H2,(H3-,52,53,57,58,59,60,64,65)/p+1/b17-14+/t33-/m1/s1. The molecule has 2 atom stereocenters. The van der Waals surface area contributed by atoms with Crippen LogP contribution in [0.1, 0.15) is 60.3 Å². The van der Waals surface area contributed by atoms with Gasteiger partial charge >= 0.3 is 8.25 Å². The van der Waals surface area contributed by atoms with Gasteiger partial charge in [0.2, 0.25) is 11.8 Å². The van der Waals surface area contributed by atoms with Crippen molar-refractivity contribution in [3.63, 3.8) is 0 Å². The van der Waals surface area contributed by atoms with Crippen molar-refractivity contribution in [3.05, 3.63) is 125 Å². The Balaban J connectivity index is 0.970. The summed E-state index contributed by atoms with van der Waals surface area (Å²) in [4.78, 5) is 90.9. The Hall–Kier alpha value is -7.19. The number of carbonyl (C=O) groups is 6. The third kappa shape index (κ3) is 10.3. The molecule has 0 saturated carbocycles. The summed E-state index contributed by atoms with van der Waals surface area (Å²) in [6.07, 6.45) is 10.8. The molecular formula is C50H46ClN5O10P+. The molecule has 0 radical (unpaired) electrons. The average molecular weight is 943 g/mol. The van der Waals surface area contributed by atoms with Crippen LogP contribution in [0.15, 0.2) is 103 Å². The number of fused-ring (bicyclic) bond motifs is 6. The topological polar surface area (TPSA) is 203 Å². The summed E-state index contributed by atoms with van der Waals surface area (Å²) < 4.78 is 17.0. The van der Waals surface area contributed by atoms with E-state index in [1.807, 2.05) is 36.4 Å². The monoisotopic (exact) mass is 942 g/mol. The average Bonchev–Trinajstić information content (AvgIpc) is 4.02. The summed E-state index contributed by atoms with van der Waals surface area (Å²) in [5.41, 5.74) is 4.28. The highest BCUT2D eigenvalue weighted by Crippen LogP contribution is 2.46. The van der Waals surface area contributed by atoms with E-state index in [1.54, 1.807) is 64.4 Å². The molecule has 4 N–H and O–H groups in total. The molecule has 15 nitrogen and oxygen atoms in total. The van der Waals surface area contributed by atoms with Crippen LogP contribution in [0, 0.1) is 0 Å². The van der Waals surface area contributed by atoms with E-state index in [0.717, 1.165) is 26.8 Å². The van der Waals surface area contributed by atoms with Gasteiger partial charge in [0.15, 0.2) is 5.75 Å². The summed E-state index contributed by atoms with van der Waals surface area (Å²) in [7, 11) is -2.96. The molecule has 8 rings (SSSR count). The van der Waals surface area contributed by atoms with Crippen molar-refractivity contribution >= 4 is 106 Å². The molecule has 5 aromatic carbocycles. The lowest BCUT2D eigenvalue weighted by molar-refractivity contribution is -0.137. The van der Waals surface area contributed by atoms with Gasteiger partial charge in [-0.3, -0.25) is 33.7 Å². The molecular weight excluding hydrogens is 897 g/mol. The molecule has 3 aliphatic rings. The minimum Gasteiger partial charge on any atom is -0.507 e. The maximum atomic E-state index is 13.8. The molecule has 0 spiro atoms. The summed E-state index contributed by atoms with van der Waals surface area (Å²) in [6.45, 7) is 1.01. The van der Waals surface area contributed by atoms with Crippen LogP contribution in [0.3, 0.4) is 0 Å². The molecule has 0 fully saturated rings. The van der Waals surface area contributed by atoms with Crippen molar-refractivity contribution < 1.29 is 47.9 Å². The fourth-order valence-corrected chi connectivity index (χ4v) is 9.40. The van der Waals surface area contributed by atoms with Gasteiger partial charge in [0.05, 0.1) is 11.4 Å². The Labute approximate surface area is 391 Å². The van der Waals surface area contributed by atoms with E-state index in [2.05, 4.69) is 10.6 Å². The number of rotatable bonds is 17. The van der Waals surface area contributed by atoms with Crippen molar-refractivity contribution in [2.45, 2.75) is 44.4 Å². The van der Waals surface area contributed by atoms with Crippen molar-refractivity contribution in [2.24, 2.45) is 0 Å². The molecule has 1 unspecified atom stereocenters. The van der Waals surface area contributed by atoms with Crippen LogP contribution in [0.25, 0.3) is 33.7 Å². The summed E-state index contributed by atoms with van der Waals surface area (Å²) >= 11 is 6.40. The van der Waals surface area contributed by atoms with Crippen LogP contribution in [0.5, 0.6) is 11.5 Å². The van der Waals surface area contributed by atoms with Crippen LogP contribution in [0.4, 0.5) is 17.1 Å². The normalized spacial score (nSPS) is 15.6. The number of alkyl halides is 1. The number of benzene rings is 5. The van der Waals surface area contributed by atoms with Gasteiger partial charge in [0, 0.05) is 108 Å². The van der Waals surface area contributed by atoms with Gasteiger partial charge in [-0.25, -0.2) is 4.52 Å². The van der Waals surface area contributed by atoms with Crippen LogP contribution in [-0.4, -0.2) is 82.4 Å². The second-order valence-electron chi connectivity index (χ2n) is 16.3. The number of nitrogens with zero attached hydrogens (tertiary/aromatic N) is 3. The fourth-order valence-electron chi connectivity index (χ4n) is 8.83. The quantitative estimate of drug-likeness (QED) is 0.0236. The number of phenols is 1. The molecule has 0 aromatic heterocycles. The first-order chi connectivity index (χ1) is 32.4. The number of unbranched alkanes of at least 4 members (excludes halogenated alkanes) is 2. The van der Waals surface area contributed by atoms with Crippen molar-refractivity contribution in [3.8, 4) is 11.5 Å². The van der Waals surface area contributed by atoms with E-state index in [1.165, 1.54) is 24.3 Å². The molecule has 0 aliphatic carbocycles. The predicted octanol–water partition coefficient (Wildman–Crippen LogP) is 7.64. The lowest BCUT2D eigenvalue weighted by Gasteiger charge is -2.17. The number of phenolic OH excluding ortho intramolecular Hbond substituents is 1. The molecule has 342 valence electrons. The third-order valence-electron chi connectivity index (χ3n) is 12.0. The second-order valence-corrected chi connectivity index (χ2v) is 17.3. The van der Waals surface area contributed by atoms with Crippen LogP contribution in [0.2, 0.25) is 0 Å². The minimum absolute atomic E-state index is 0.0511. The molecule has 3 aliphatic heterocycles. The van der Waals surface area contributed by atoms with E-state index in [9.17, 15) is 43.3 Å². The SMILES string of the molecule is O=C(CCCCCN1C(=O)C=CC1=O)NCCC(=O)Nc1cc(/C=C/C(=O)N2C[C@@H](CCl)c3c2cc(O)c2ccccc32)ccc1/C=C/C(=O)N1CCc2c1cc(O[P+](=O)O)c1ccccc21. The number of imide groups is 1. The van der Waals surface area contributed by atoms with Gasteiger partial charge in [-0.05, 0) is 70.5 Å². The first-order valence-corrected chi connectivity index (χ1v) is 23.5. The lowest BCUT2D eigenvalue weighted by atomic mass is 9.95. The third-order valence-corrected chi connectivity index (χ3v) is 12.8. The zero-order valence-corrected chi connectivity index (χ0v) is 37.8. The number of hydrogen-bond donors (Lipinski definition) is 4. The number of anilines is 3. The van der Waals surface area contributed by atoms with Crippen LogP contribution < -0.4 is 25.0 Å². The van der Waals surface area contributed by atoms with E-state index >= 15 is 0 Å². The first-order valence-electron chi connectivity index (χ1n) is 21.8. The molecule has 17 heteroatoms. The molecule has 3 heterocycles. The zero-order valence-electron chi connectivity index (χ0n) is 36.2. The number of carbonyl (C=O) groups excluding carboxylic acids is 6. The molecule has 5 aromatic rings. The van der Waals surface area contributed by atoms with Crippen molar-refractivity contribution in [1.82, 2.24) is 10.2 Å². The van der Waals surface area contributed by atoms with Crippen molar-refractivity contribution in [2.75, 3.05) is 47.2 Å². The summed E-state index contributed by atoms with van der Waals surface area (Å²) in [5.74, 6) is -1.73. The van der Waals surface area contributed by atoms with E-state index < -0.39 is 14.2 Å². The van der Waals surface area contributed by atoms with Crippen molar-refractivity contribution in [1.29, 1.82) is 0 Å². The fraction of sp³-hybridized carbons (Fsp3) is 0.240. The van der Waals surface area contributed by atoms with Gasteiger partial charge < -0.3 is 25.5 Å². The Kier molecular flexibility index (Phi) is 14.2. The van der Waals surface area contributed by atoms with Gasteiger partial charge in [0.1, 0.15) is 5.75 Å². The highest BCUT2D eigenvalue weighted by molar-refractivity contribution is 7.32.